The summed E-state index contributed by atoms with van der Waals surface area (Å²) in [4.78, 5) is 20.4. The van der Waals surface area contributed by atoms with Crippen LogP contribution in [0.4, 0.5) is 0 Å². The minimum Gasteiger partial charge on any atom is -0.361 e. The molecule has 0 radical (unpaired) electrons. The van der Waals surface area contributed by atoms with E-state index in [4.69, 9.17) is 11.6 Å². The topological polar surface area (TPSA) is 68.0 Å². The second-order valence-electron chi connectivity index (χ2n) is 6.23. The van der Waals surface area contributed by atoms with E-state index < -0.39 is 0 Å². The van der Waals surface area contributed by atoms with Crippen molar-refractivity contribution in [3.8, 4) is 0 Å². The Morgan fingerprint density at radius 1 is 1.15 bits per heavy atom. The van der Waals surface area contributed by atoms with E-state index in [1.807, 2.05) is 42.7 Å². The molecule has 5 aromatic rings. The lowest BCUT2D eigenvalue weighted by molar-refractivity contribution is 0.676. The summed E-state index contributed by atoms with van der Waals surface area (Å²) in [5, 5.41) is 6.59. The normalized spacial score (nSPS) is 11.7. The van der Waals surface area contributed by atoms with Crippen molar-refractivity contribution in [3.63, 3.8) is 0 Å². The lowest BCUT2D eigenvalue weighted by Gasteiger charge is -2.08. The molecule has 0 fully saturated rings. The molecule has 7 heteroatoms. The standard InChI is InChI=1S/C19H14ClN5O/c20-13-1-2-16-14(9-13)12(10-21-16)4-7-24-8-5-17-15(19(24)26)11-22-18-3-6-23-25(17)18/h1-3,5-6,8-11,21H,4,7H2. The molecule has 1 N–H and O–H groups in total. The monoisotopic (exact) mass is 363 g/mol. The van der Waals surface area contributed by atoms with E-state index >= 15 is 0 Å². The number of fused-ring (bicyclic) bond motifs is 4. The van der Waals surface area contributed by atoms with E-state index in [1.54, 1.807) is 21.5 Å². The molecule has 0 atom stereocenters. The summed E-state index contributed by atoms with van der Waals surface area (Å²) >= 11 is 6.11. The van der Waals surface area contributed by atoms with Gasteiger partial charge in [0.05, 0.1) is 17.1 Å². The summed E-state index contributed by atoms with van der Waals surface area (Å²) in [7, 11) is 0. The molecule has 26 heavy (non-hydrogen) atoms. The third-order valence-electron chi connectivity index (χ3n) is 4.71. The van der Waals surface area contributed by atoms with Crippen LogP contribution < -0.4 is 5.56 Å². The van der Waals surface area contributed by atoms with Gasteiger partial charge in [-0.25, -0.2) is 9.50 Å². The SMILES string of the molecule is O=c1c2cnc3ccnn3c2ccn1CCc1c[nH]c2ccc(Cl)cc12. The summed E-state index contributed by atoms with van der Waals surface area (Å²) in [6, 6.07) is 9.49. The first kappa shape index (κ1) is 15.2. The number of aromatic amines is 1. The molecule has 0 saturated heterocycles. The number of H-pyrrole nitrogens is 1. The highest BCUT2D eigenvalue weighted by atomic mass is 35.5. The number of aromatic nitrogens is 5. The van der Waals surface area contributed by atoms with Gasteiger partial charge in [0, 0.05) is 47.1 Å². The minimum absolute atomic E-state index is 0.0646. The zero-order chi connectivity index (χ0) is 17.7. The van der Waals surface area contributed by atoms with Gasteiger partial charge in [-0.1, -0.05) is 11.6 Å². The quantitative estimate of drug-likeness (QED) is 0.534. The zero-order valence-electron chi connectivity index (χ0n) is 13.7. The van der Waals surface area contributed by atoms with E-state index in [2.05, 4.69) is 15.1 Å². The number of hydrogen-bond acceptors (Lipinski definition) is 3. The van der Waals surface area contributed by atoms with Crippen LogP contribution in [0.1, 0.15) is 5.56 Å². The van der Waals surface area contributed by atoms with E-state index in [0.717, 1.165) is 34.1 Å². The lowest BCUT2D eigenvalue weighted by atomic mass is 10.1. The van der Waals surface area contributed by atoms with E-state index in [0.29, 0.717) is 17.0 Å². The number of halogens is 1. The van der Waals surface area contributed by atoms with Crippen molar-refractivity contribution >= 4 is 39.1 Å². The Morgan fingerprint density at radius 2 is 2.08 bits per heavy atom. The maximum Gasteiger partial charge on any atom is 0.261 e. The molecule has 0 amide bonds. The van der Waals surface area contributed by atoms with Crippen LogP contribution >= 0.6 is 11.6 Å². The van der Waals surface area contributed by atoms with Gasteiger partial charge in [-0.15, -0.1) is 0 Å². The van der Waals surface area contributed by atoms with Crippen LogP contribution in [0.15, 0.2) is 59.9 Å². The fourth-order valence-corrected chi connectivity index (χ4v) is 3.55. The predicted molar refractivity (Wildman–Crippen MR) is 102 cm³/mol. The number of rotatable bonds is 3. The molecule has 0 unspecified atom stereocenters. The Bertz CT molecular complexity index is 1330. The van der Waals surface area contributed by atoms with Gasteiger partial charge in [0.15, 0.2) is 5.65 Å². The number of nitrogens with one attached hydrogen (secondary N) is 1. The van der Waals surface area contributed by atoms with Crippen LogP contribution in [0.5, 0.6) is 0 Å². The highest BCUT2D eigenvalue weighted by molar-refractivity contribution is 6.31. The van der Waals surface area contributed by atoms with Gasteiger partial charge in [-0.3, -0.25) is 4.79 Å². The molecule has 5 rings (SSSR count). The van der Waals surface area contributed by atoms with Crippen molar-refractivity contribution in [1.29, 1.82) is 0 Å². The number of aryl methyl sites for hydroxylation is 2. The molecule has 0 bridgehead atoms. The molecule has 4 heterocycles. The highest BCUT2D eigenvalue weighted by Gasteiger charge is 2.09. The molecule has 0 saturated carbocycles. The van der Waals surface area contributed by atoms with Gasteiger partial charge in [-0.05, 0) is 36.2 Å². The first-order chi connectivity index (χ1) is 12.7. The molecule has 4 aromatic heterocycles. The number of hydrogen-bond donors (Lipinski definition) is 1. The van der Waals surface area contributed by atoms with Gasteiger partial charge in [-0.2, -0.15) is 5.10 Å². The highest BCUT2D eigenvalue weighted by Crippen LogP contribution is 2.23. The third kappa shape index (κ3) is 2.30. The van der Waals surface area contributed by atoms with Gasteiger partial charge in [0.2, 0.25) is 0 Å². The molecular weight excluding hydrogens is 350 g/mol. The van der Waals surface area contributed by atoms with Crippen LogP contribution in [-0.2, 0) is 13.0 Å². The van der Waals surface area contributed by atoms with Crippen LogP contribution in [0.25, 0.3) is 27.5 Å². The Hall–Kier alpha value is -3.12. The molecule has 0 aliphatic heterocycles. The minimum atomic E-state index is -0.0646. The zero-order valence-corrected chi connectivity index (χ0v) is 14.4. The van der Waals surface area contributed by atoms with Crippen molar-refractivity contribution < 1.29 is 0 Å². The summed E-state index contributed by atoms with van der Waals surface area (Å²) in [5.74, 6) is 0. The average molecular weight is 364 g/mol. The van der Waals surface area contributed by atoms with Crippen LogP contribution in [0.3, 0.4) is 0 Å². The molecule has 6 nitrogen and oxygen atoms in total. The average Bonchev–Trinajstić information content (AvgIpc) is 3.27. The molecule has 0 aliphatic carbocycles. The molecule has 128 valence electrons. The Labute approximate surface area is 152 Å². The predicted octanol–water partition coefficient (Wildman–Crippen LogP) is 3.42. The van der Waals surface area contributed by atoms with E-state index in [1.165, 1.54) is 0 Å². The second kappa shape index (κ2) is 5.71. The van der Waals surface area contributed by atoms with Crippen molar-refractivity contribution in [2.45, 2.75) is 13.0 Å². The largest absolute Gasteiger partial charge is 0.361 e. The van der Waals surface area contributed by atoms with Crippen LogP contribution in [0, 0.1) is 0 Å². The first-order valence-electron chi connectivity index (χ1n) is 8.28. The number of benzene rings is 1. The first-order valence-corrected chi connectivity index (χ1v) is 8.66. The third-order valence-corrected chi connectivity index (χ3v) is 4.94. The Balaban J connectivity index is 1.53. The molecule has 1 aromatic carbocycles. The van der Waals surface area contributed by atoms with Crippen molar-refractivity contribution in [3.05, 3.63) is 76.1 Å². The molecular formula is C19H14ClN5O. The molecule has 0 aliphatic rings. The van der Waals surface area contributed by atoms with E-state index in [-0.39, 0.29) is 5.56 Å². The summed E-state index contributed by atoms with van der Waals surface area (Å²) in [6.07, 6.45) is 7.81. The van der Waals surface area contributed by atoms with Gasteiger partial charge >= 0.3 is 0 Å². The fourth-order valence-electron chi connectivity index (χ4n) is 3.37. The van der Waals surface area contributed by atoms with Gasteiger partial charge in [0.25, 0.3) is 5.56 Å². The molecule has 0 spiro atoms. The lowest BCUT2D eigenvalue weighted by Crippen LogP contribution is -2.21. The van der Waals surface area contributed by atoms with E-state index in [9.17, 15) is 4.79 Å². The number of nitrogens with zero attached hydrogens (tertiary/aromatic N) is 4. The van der Waals surface area contributed by atoms with Gasteiger partial charge < -0.3 is 9.55 Å². The fraction of sp³-hybridized carbons (Fsp3) is 0.105. The number of pyridine rings is 1. The van der Waals surface area contributed by atoms with Gasteiger partial charge in [0.1, 0.15) is 0 Å². The summed E-state index contributed by atoms with van der Waals surface area (Å²) in [6.45, 7) is 0.575. The van der Waals surface area contributed by atoms with Crippen LogP contribution in [0.2, 0.25) is 5.02 Å². The second-order valence-corrected chi connectivity index (χ2v) is 6.66. The van der Waals surface area contributed by atoms with Crippen molar-refractivity contribution in [1.82, 2.24) is 24.1 Å². The smallest absolute Gasteiger partial charge is 0.261 e. The van der Waals surface area contributed by atoms with Crippen molar-refractivity contribution in [2.24, 2.45) is 0 Å². The van der Waals surface area contributed by atoms with Crippen molar-refractivity contribution in [2.75, 3.05) is 0 Å². The van der Waals surface area contributed by atoms with Crippen LogP contribution in [-0.4, -0.2) is 24.1 Å². The maximum atomic E-state index is 12.8. The Kier molecular flexibility index (Phi) is 3.33. The summed E-state index contributed by atoms with van der Waals surface area (Å²) < 4.78 is 3.39. The Morgan fingerprint density at radius 3 is 3.00 bits per heavy atom. The summed E-state index contributed by atoms with van der Waals surface area (Å²) in [5.41, 5.74) is 3.60. The maximum absolute atomic E-state index is 12.8.